The fourth-order valence-electron chi connectivity index (χ4n) is 3.77. The molecule has 1 aliphatic rings. The van der Waals surface area contributed by atoms with Gasteiger partial charge >= 0.3 is 0 Å². The normalized spacial score (nSPS) is 16.6. The molecular formula is C22H25N5O2S. The van der Waals surface area contributed by atoms with E-state index in [-0.39, 0.29) is 17.2 Å². The van der Waals surface area contributed by atoms with Gasteiger partial charge in [0.1, 0.15) is 11.4 Å². The van der Waals surface area contributed by atoms with Crippen LogP contribution in [0, 0.1) is 6.92 Å². The number of thioether (sulfide) groups is 1. The molecule has 0 aliphatic heterocycles. The number of methoxy groups -OCH3 is 1. The topological polar surface area (TPSA) is 81.9 Å². The Hall–Kier alpha value is -2.87. The number of nitrogens with zero attached hydrogens (tertiary/aromatic N) is 4. The van der Waals surface area contributed by atoms with Crippen LogP contribution in [0.5, 0.6) is 5.75 Å². The average Bonchev–Trinajstić information content (AvgIpc) is 3.21. The standard InChI is InChI=1S/C22H25N5O2S/c1-14-11-12-20(29-3)19(13-14)27-22(24-25-26-27)30-15(2)21(28)23-18-10-6-8-16-7-4-5-9-17(16)18/h4-5,7,9,11-13,15,18H,6,8,10H2,1-3H3,(H,23,28)/t15-,18-/m1/s1. The number of carbonyl (C=O) groups excluding carboxylic acids is 1. The average molecular weight is 424 g/mol. The molecule has 2 atom stereocenters. The van der Waals surface area contributed by atoms with Crippen molar-refractivity contribution in [2.75, 3.05) is 7.11 Å². The predicted octanol–water partition coefficient (Wildman–Crippen LogP) is 3.65. The first-order chi connectivity index (χ1) is 14.6. The highest BCUT2D eigenvalue weighted by Crippen LogP contribution is 2.31. The third-order valence-electron chi connectivity index (χ3n) is 5.34. The lowest BCUT2D eigenvalue weighted by Crippen LogP contribution is -2.36. The van der Waals surface area contributed by atoms with Crippen LogP contribution in [0.2, 0.25) is 0 Å². The Bertz CT molecular complexity index is 1050. The zero-order valence-electron chi connectivity index (χ0n) is 17.3. The molecule has 30 heavy (non-hydrogen) atoms. The first kappa shape index (κ1) is 20.4. The molecule has 1 heterocycles. The van der Waals surface area contributed by atoms with Gasteiger partial charge in [-0.2, -0.15) is 4.68 Å². The summed E-state index contributed by atoms with van der Waals surface area (Å²) in [6.45, 7) is 3.87. The Labute approximate surface area is 180 Å². The number of aryl methyl sites for hydroxylation is 2. The number of tetrazole rings is 1. The van der Waals surface area contributed by atoms with E-state index in [1.165, 1.54) is 22.9 Å². The van der Waals surface area contributed by atoms with Crippen LogP contribution in [0.25, 0.3) is 5.69 Å². The number of ether oxygens (including phenoxy) is 1. The van der Waals surface area contributed by atoms with E-state index >= 15 is 0 Å². The number of carbonyl (C=O) groups is 1. The van der Waals surface area contributed by atoms with Crippen molar-refractivity contribution in [3.05, 3.63) is 59.2 Å². The van der Waals surface area contributed by atoms with Crippen LogP contribution in [0.1, 0.15) is 42.5 Å². The Morgan fingerprint density at radius 2 is 2.13 bits per heavy atom. The molecule has 7 nitrogen and oxygen atoms in total. The maximum absolute atomic E-state index is 12.9. The third-order valence-corrected chi connectivity index (χ3v) is 6.37. The zero-order valence-corrected chi connectivity index (χ0v) is 18.1. The molecule has 0 saturated carbocycles. The molecule has 3 aromatic rings. The number of rotatable bonds is 6. The molecule has 0 radical (unpaired) electrons. The molecule has 156 valence electrons. The Balaban J connectivity index is 1.50. The molecule has 1 amide bonds. The Morgan fingerprint density at radius 3 is 2.97 bits per heavy atom. The summed E-state index contributed by atoms with van der Waals surface area (Å²) in [5, 5.41) is 15.5. The van der Waals surface area contributed by atoms with Gasteiger partial charge in [-0.05, 0) is 72.4 Å². The van der Waals surface area contributed by atoms with Gasteiger partial charge in [0.15, 0.2) is 0 Å². The molecule has 1 aliphatic carbocycles. The Morgan fingerprint density at radius 1 is 1.30 bits per heavy atom. The summed E-state index contributed by atoms with van der Waals surface area (Å²) in [6, 6.07) is 14.2. The number of amides is 1. The predicted molar refractivity (Wildman–Crippen MR) is 116 cm³/mol. The molecule has 1 N–H and O–H groups in total. The van der Waals surface area contributed by atoms with E-state index in [2.05, 4.69) is 39.0 Å². The van der Waals surface area contributed by atoms with Crippen molar-refractivity contribution < 1.29 is 9.53 Å². The quantitative estimate of drug-likeness (QED) is 0.610. The summed E-state index contributed by atoms with van der Waals surface area (Å²) in [4.78, 5) is 12.9. The molecule has 1 aromatic heterocycles. The first-order valence-corrected chi connectivity index (χ1v) is 10.9. The van der Waals surface area contributed by atoms with E-state index < -0.39 is 0 Å². The Kier molecular flexibility index (Phi) is 6.03. The zero-order chi connectivity index (χ0) is 21.1. The van der Waals surface area contributed by atoms with Crippen molar-refractivity contribution in [1.29, 1.82) is 0 Å². The maximum Gasteiger partial charge on any atom is 0.233 e. The lowest BCUT2D eigenvalue weighted by Gasteiger charge is -2.27. The van der Waals surface area contributed by atoms with Gasteiger partial charge in [-0.25, -0.2) is 0 Å². The molecule has 0 saturated heterocycles. The molecule has 0 bridgehead atoms. The second-order valence-electron chi connectivity index (χ2n) is 7.46. The molecule has 0 spiro atoms. The summed E-state index contributed by atoms with van der Waals surface area (Å²) in [5.74, 6) is 0.651. The van der Waals surface area contributed by atoms with Gasteiger partial charge in [-0.3, -0.25) is 4.79 Å². The van der Waals surface area contributed by atoms with Gasteiger partial charge in [0, 0.05) is 0 Å². The molecule has 0 unspecified atom stereocenters. The second-order valence-corrected chi connectivity index (χ2v) is 8.77. The van der Waals surface area contributed by atoms with Gasteiger partial charge < -0.3 is 10.1 Å². The number of hydrogen-bond acceptors (Lipinski definition) is 6. The van der Waals surface area contributed by atoms with Gasteiger partial charge in [0.25, 0.3) is 0 Å². The number of aromatic nitrogens is 4. The van der Waals surface area contributed by atoms with E-state index in [9.17, 15) is 4.79 Å². The highest BCUT2D eigenvalue weighted by Gasteiger charge is 2.25. The minimum Gasteiger partial charge on any atom is -0.494 e. The molecular weight excluding hydrogens is 398 g/mol. The summed E-state index contributed by atoms with van der Waals surface area (Å²) in [7, 11) is 1.61. The van der Waals surface area contributed by atoms with Crippen molar-refractivity contribution >= 4 is 17.7 Å². The monoisotopic (exact) mass is 423 g/mol. The number of nitrogens with one attached hydrogen (secondary N) is 1. The highest BCUT2D eigenvalue weighted by molar-refractivity contribution is 8.00. The second kappa shape index (κ2) is 8.87. The minimum atomic E-state index is -0.348. The number of fused-ring (bicyclic) bond motifs is 1. The van der Waals surface area contributed by atoms with Crippen molar-refractivity contribution in [2.24, 2.45) is 0 Å². The van der Waals surface area contributed by atoms with Crippen LogP contribution in [-0.4, -0.2) is 38.5 Å². The van der Waals surface area contributed by atoms with Crippen LogP contribution in [-0.2, 0) is 11.2 Å². The van der Waals surface area contributed by atoms with Crippen LogP contribution >= 0.6 is 11.8 Å². The number of hydrogen-bond donors (Lipinski definition) is 1. The maximum atomic E-state index is 12.9. The summed E-state index contributed by atoms with van der Waals surface area (Å²) < 4.78 is 7.08. The van der Waals surface area contributed by atoms with E-state index in [0.717, 1.165) is 30.5 Å². The lowest BCUT2D eigenvalue weighted by molar-refractivity contribution is -0.121. The van der Waals surface area contributed by atoms with Crippen LogP contribution in [0.15, 0.2) is 47.6 Å². The summed E-state index contributed by atoms with van der Waals surface area (Å²) >= 11 is 1.33. The molecule has 0 fully saturated rings. The van der Waals surface area contributed by atoms with Gasteiger partial charge in [-0.1, -0.05) is 42.1 Å². The highest BCUT2D eigenvalue weighted by atomic mass is 32.2. The number of benzene rings is 2. The SMILES string of the molecule is COc1ccc(C)cc1-n1nnnc1S[C@H](C)C(=O)N[C@@H]1CCCc2ccccc21. The molecule has 4 rings (SSSR count). The van der Waals surface area contributed by atoms with Crippen molar-refractivity contribution in [2.45, 2.75) is 49.6 Å². The largest absolute Gasteiger partial charge is 0.494 e. The fraction of sp³-hybridized carbons (Fsp3) is 0.364. The van der Waals surface area contributed by atoms with Crippen LogP contribution in [0.4, 0.5) is 0 Å². The van der Waals surface area contributed by atoms with Crippen molar-refractivity contribution in [3.63, 3.8) is 0 Å². The third kappa shape index (κ3) is 4.18. The smallest absolute Gasteiger partial charge is 0.233 e. The molecule has 2 aromatic carbocycles. The summed E-state index contributed by atoms with van der Waals surface area (Å²) in [5.41, 5.74) is 4.37. The van der Waals surface area contributed by atoms with Gasteiger partial charge in [0.05, 0.1) is 18.4 Å². The fourth-order valence-corrected chi connectivity index (χ4v) is 4.58. The van der Waals surface area contributed by atoms with Crippen LogP contribution < -0.4 is 10.1 Å². The van der Waals surface area contributed by atoms with E-state index in [0.29, 0.717) is 10.9 Å². The first-order valence-electron chi connectivity index (χ1n) is 10.0. The van der Waals surface area contributed by atoms with E-state index in [1.807, 2.05) is 38.1 Å². The summed E-state index contributed by atoms with van der Waals surface area (Å²) in [6.07, 6.45) is 3.10. The van der Waals surface area contributed by atoms with Gasteiger partial charge in [0.2, 0.25) is 11.1 Å². The molecule has 8 heteroatoms. The van der Waals surface area contributed by atoms with Gasteiger partial charge in [-0.15, -0.1) is 5.10 Å². The van der Waals surface area contributed by atoms with E-state index in [1.54, 1.807) is 11.8 Å². The van der Waals surface area contributed by atoms with Crippen molar-refractivity contribution in [1.82, 2.24) is 25.5 Å². The minimum absolute atomic E-state index is 0.0209. The van der Waals surface area contributed by atoms with Crippen molar-refractivity contribution in [3.8, 4) is 11.4 Å². The van der Waals surface area contributed by atoms with Crippen LogP contribution in [0.3, 0.4) is 0 Å². The lowest BCUT2D eigenvalue weighted by atomic mass is 9.88. The van der Waals surface area contributed by atoms with E-state index in [4.69, 9.17) is 4.74 Å².